The van der Waals surface area contributed by atoms with Gasteiger partial charge in [-0.25, -0.2) is 0 Å². The molecule has 2 nitrogen and oxygen atoms in total. The molecule has 3 heteroatoms. The number of thioether (sulfide) groups is 1. The van der Waals surface area contributed by atoms with Crippen molar-refractivity contribution in [1.29, 1.82) is 0 Å². The molecule has 0 unspecified atom stereocenters. The zero-order valence-electron chi connectivity index (χ0n) is 13.6. The van der Waals surface area contributed by atoms with Gasteiger partial charge in [-0.2, -0.15) is 0 Å². The maximum atomic E-state index is 12.7. The van der Waals surface area contributed by atoms with E-state index in [0.29, 0.717) is 0 Å². The number of hydrogen-bond donors (Lipinski definition) is 0. The van der Waals surface area contributed by atoms with Crippen molar-refractivity contribution in [2.24, 2.45) is 0 Å². The predicted molar refractivity (Wildman–Crippen MR) is 97.2 cm³/mol. The molecule has 0 atom stereocenters. The van der Waals surface area contributed by atoms with Gasteiger partial charge in [0, 0.05) is 22.6 Å². The Balaban J connectivity index is 1.72. The Kier molecular flexibility index (Phi) is 5.52. The van der Waals surface area contributed by atoms with E-state index in [2.05, 4.69) is 17.0 Å². The molecule has 0 radical (unpaired) electrons. The molecule has 1 heterocycles. The number of rotatable bonds is 5. The summed E-state index contributed by atoms with van der Waals surface area (Å²) >= 11 is 1.62. The van der Waals surface area contributed by atoms with Crippen LogP contribution in [0.3, 0.4) is 0 Å². The van der Waals surface area contributed by atoms with Gasteiger partial charge in [0.2, 0.25) is 0 Å². The van der Waals surface area contributed by atoms with E-state index in [4.69, 9.17) is 0 Å². The normalized spacial score (nSPS) is 15.5. The lowest BCUT2D eigenvalue weighted by molar-refractivity contribution is 0.103. The highest BCUT2D eigenvalue weighted by atomic mass is 32.2. The van der Waals surface area contributed by atoms with Gasteiger partial charge >= 0.3 is 0 Å². The first-order chi connectivity index (χ1) is 11.3. The minimum atomic E-state index is 0.111. The maximum absolute atomic E-state index is 12.7. The summed E-state index contributed by atoms with van der Waals surface area (Å²) in [6.45, 7) is 3.39. The fourth-order valence-corrected chi connectivity index (χ4v) is 3.72. The minimum Gasteiger partial charge on any atom is -0.299 e. The van der Waals surface area contributed by atoms with Gasteiger partial charge in [0.15, 0.2) is 5.78 Å². The van der Waals surface area contributed by atoms with Crippen LogP contribution in [0.5, 0.6) is 0 Å². The molecule has 0 amide bonds. The van der Waals surface area contributed by atoms with Gasteiger partial charge < -0.3 is 0 Å². The van der Waals surface area contributed by atoms with Crippen LogP contribution in [0.15, 0.2) is 53.4 Å². The van der Waals surface area contributed by atoms with Crippen LogP contribution in [-0.4, -0.2) is 30.0 Å². The third-order valence-corrected chi connectivity index (χ3v) is 5.22. The second kappa shape index (κ2) is 7.80. The van der Waals surface area contributed by atoms with Crippen LogP contribution in [0.2, 0.25) is 0 Å². The molecule has 0 bridgehead atoms. The Morgan fingerprint density at radius 2 is 1.70 bits per heavy atom. The summed E-state index contributed by atoms with van der Waals surface area (Å²) in [4.78, 5) is 16.2. The number of piperidine rings is 1. The van der Waals surface area contributed by atoms with Crippen LogP contribution in [0.4, 0.5) is 0 Å². The van der Waals surface area contributed by atoms with E-state index < -0.39 is 0 Å². The lowest BCUT2D eigenvalue weighted by atomic mass is 10.0. The van der Waals surface area contributed by atoms with E-state index in [1.165, 1.54) is 37.9 Å². The topological polar surface area (TPSA) is 20.3 Å². The lowest BCUT2D eigenvalue weighted by Crippen LogP contribution is -2.29. The largest absolute Gasteiger partial charge is 0.299 e. The molecule has 1 aliphatic rings. The third-order valence-electron chi connectivity index (χ3n) is 4.42. The van der Waals surface area contributed by atoms with Crippen molar-refractivity contribution in [1.82, 2.24) is 4.90 Å². The molecular formula is C20H23NOS. The smallest absolute Gasteiger partial charge is 0.194 e. The predicted octanol–water partition coefficient (Wildman–Crippen LogP) is 4.63. The van der Waals surface area contributed by atoms with Gasteiger partial charge in [0.25, 0.3) is 0 Å². The van der Waals surface area contributed by atoms with Crippen molar-refractivity contribution >= 4 is 17.5 Å². The molecule has 1 fully saturated rings. The quantitative estimate of drug-likeness (QED) is 0.591. The number of benzene rings is 2. The van der Waals surface area contributed by atoms with Crippen molar-refractivity contribution in [2.75, 3.05) is 19.3 Å². The minimum absolute atomic E-state index is 0.111. The lowest BCUT2D eigenvalue weighted by Gasteiger charge is -2.26. The summed E-state index contributed by atoms with van der Waals surface area (Å²) in [7, 11) is 0. The number of carbonyl (C=O) groups is 1. The standard InChI is InChI=1S/C20H23NOS/c1-23-19-8-4-3-7-18(19)20(22)17-11-9-16(10-12-17)15-21-13-5-2-6-14-21/h3-4,7-12H,2,5-6,13-15H2,1H3. The summed E-state index contributed by atoms with van der Waals surface area (Å²) in [5.74, 6) is 0.111. The molecule has 0 N–H and O–H groups in total. The molecule has 0 spiro atoms. The van der Waals surface area contributed by atoms with E-state index in [9.17, 15) is 4.79 Å². The number of likely N-dealkylation sites (tertiary alicyclic amines) is 1. The molecular weight excluding hydrogens is 302 g/mol. The molecule has 3 rings (SSSR count). The molecule has 0 aliphatic carbocycles. The highest BCUT2D eigenvalue weighted by Crippen LogP contribution is 2.23. The Bertz CT molecular complexity index is 660. The number of carbonyl (C=O) groups excluding carboxylic acids is 1. The fraction of sp³-hybridized carbons (Fsp3) is 0.350. The van der Waals surface area contributed by atoms with E-state index in [1.807, 2.05) is 42.7 Å². The van der Waals surface area contributed by atoms with Gasteiger partial charge in [0.1, 0.15) is 0 Å². The highest BCUT2D eigenvalue weighted by Gasteiger charge is 2.14. The second-order valence-corrected chi connectivity index (χ2v) is 6.91. The van der Waals surface area contributed by atoms with Crippen molar-refractivity contribution in [3.05, 3.63) is 65.2 Å². The first-order valence-electron chi connectivity index (χ1n) is 8.27. The molecule has 2 aromatic rings. The molecule has 23 heavy (non-hydrogen) atoms. The maximum Gasteiger partial charge on any atom is 0.194 e. The molecule has 1 aliphatic heterocycles. The Hall–Kier alpha value is -1.58. The zero-order valence-corrected chi connectivity index (χ0v) is 14.4. The second-order valence-electron chi connectivity index (χ2n) is 6.06. The summed E-state index contributed by atoms with van der Waals surface area (Å²) in [5.41, 5.74) is 2.86. The molecule has 2 aromatic carbocycles. The Morgan fingerprint density at radius 3 is 2.39 bits per heavy atom. The van der Waals surface area contributed by atoms with Gasteiger partial charge in [-0.1, -0.05) is 42.8 Å². The average molecular weight is 325 g/mol. The summed E-state index contributed by atoms with van der Waals surface area (Å²) < 4.78 is 0. The molecule has 0 saturated carbocycles. The van der Waals surface area contributed by atoms with E-state index in [-0.39, 0.29) is 5.78 Å². The van der Waals surface area contributed by atoms with Crippen LogP contribution in [-0.2, 0) is 6.54 Å². The van der Waals surface area contributed by atoms with Crippen molar-refractivity contribution in [2.45, 2.75) is 30.7 Å². The van der Waals surface area contributed by atoms with Crippen molar-refractivity contribution in [3.8, 4) is 0 Å². The summed E-state index contributed by atoms with van der Waals surface area (Å²) in [5, 5.41) is 0. The van der Waals surface area contributed by atoms with Gasteiger partial charge in [-0.15, -0.1) is 11.8 Å². The van der Waals surface area contributed by atoms with Gasteiger partial charge in [0.05, 0.1) is 0 Å². The van der Waals surface area contributed by atoms with Crippen molar-refractivity contribution in [3.63, 3.8) is 0 Å². The highest BCUT2D eigenvalue weighted by molar-refractivity contribution is 7.98. The molecule has 120 valence electrons. The van der Waals surface area contributed by atoms with Crippen LogP contribution in [0.1, 0.15) is 40.7 Å². The van der Waals surface area contributed by atoms with Crippen LogP contribution < -0.4 is 0 Å². The number of hydrogen-bond acceptors (Lipinski definition) is 3. The van der Waals surface area contributed by atoms with Crippen molar-refractivity contribution < 1.29 is 4.79 Å². The van der Waals surface area contributed by atoms with Gasteiger partial charge in [-0.3, -0.25) is 9.69 Å². The van der Waals surface area contributed by atoms with Crippen LogP contribution in [0, 0.1) is 0 Å². The molecule has 1 saturated heterocycles. The summed E-state index contributed by atoms with van der Waals surface area (Å²) in [6.07, 6.45) is 5.98. The third kappa shape index (κ3) is 4.04. The molecule has 0 aromatic heterocycles. The monoisotopic (exact) mass is 325 g/mol. The first kappa shape index (κ1) is 16.3. The van der Waals surface area contributed by atoms with E-state index in [0.717, 1.165) is 22.6 Å². The van der Waals surface area contributed by atoms with E-state index in [1.54, 1.807) is 11.8 Å². The zero-order chi connectivity index (χ0) is 16.1. The first-order valence-corrected chi connectivity index (χ1v) is 9.49. The number of nitrogens with zero attached hydrogens (tertiary/aromatic N) is 1. The number of ketones is 1. The van der Waals surface area contributed by atoms with E-state index >= 15 is 0 Å². The SMILES string of the molecule is CSc1ccccc1C(=O)c1ccc(CN2CCCCC2)cc1. The summed E-state index contributed by atoms with van der Waals surface area (Å²) in [6, 6.07) is 16.0. The van der Waals surface area contributed by atoms with Crippen LogP contribution >= 0.6 is 11.8 Å². The fourth-order valence-electron chi connectivity index (χ4n) is 3.12. The Labute approximate surface area is 142 Å². The Morgan fingerprint density at radius 1 is 1.00 bits per heavy atom. The average Bonchev–Trinajstić information content (AvgIpc) is 2.62. The van der Waals surface area contributed by atoms with Crippen LogP contribution in [0.25, 0.3) is 0 Å². The van der Waals surface area contributed by atoms with Gasteiger partial charge in [-0.05, 0) is 49.9 Å².